The minimum atomic E-state index is -0.641. The molecule has 21 heavy (non-hydrogen) atoms. The summed E-state index contributed by atoms with van der Waals surface area (Å²) in [4.78, 5) is 21.9. The zero-order chi connectivity index (χ0) is 15.4. The Kier molecular flexibility index (Phi) is 4.39. The summed E-state index contributed by atoms with van der Waals surface area (Å²) in [5.74, 6) is -0.641. The van der Waals surface area contributed by atoms with Gasteiger partial charge in [0.25, 0.3) is 5.69 Å². The number of carbonyl (C=O) groups excluding carboxylic acids is 1. The second-order valence-electron chi connectivity index (χ2n) is 4.23. The molecular formula is C14H11ClN2O4. The van der Waals surface area contributed by atoms with Gasteiger partial charge in [0.15, 0.2) is 0 Å². The van der Waals surface area contributed by atoms with Crippen LogP contribution in [0, 0.1) is 10.1 Å². The molecule has 0 aliphatic heterocycles. The van der Waals surface area contributed by atoms with Crippen LogP contribution in [0.15, 0.2) is 42.5 Å². The fourth-order valence-corrected chi connectivity index (χ4v) is 1.78. The van der Waals surface area contributed by atoms with Gasteiger partial charge in [-0.05, 0) is 23.8 Å². The van der Waals surface area contributed by atoms with E-state index >= 15 is 0 Å². The van der Waals surface area contributed by atoms with Crippen molar-refractivity contribution in [2.24, 2.45) is 0 Å². The third-order valence-corrected chi connectivity index (χ3v) is 3.00. The number of hydrogen-bond donors (Lipinski definition) is 1. The van der Waals surface area contributed by atoms with Crippen LogP contribution >= 0.6 is 11.6 Å². The molecule has 0 aliphatic rings. The van der Waals surface area contributed by atoms with Gasteiger partial charge >= 0.3 is 5.97 Å². The summed E-state index contributed by atoms with van der Waals surface area (Å²) in [7, 11) is 0. The summed E-state index contributed by atoms with van der Waals surface area (Å²) in [6, 6.07) is 10.4. The lowest BCUT2D eigenvalue weighted by atomic mass is 10.1. The summed E-state index contributed by atoms with van der Waals surface area (Å²) in [6.45, 7) is 0.0619. The minimum Gasteiger partial charge on any atom is -0.457 e. The van der Waals surface area contributed by atoms with Crippen LogP contribution in [0.25, 0.3) is 0 Å². The highest BCUT2D eigenvalue weighted by molar-refractivity contribution is 6.30. The van der Waals surface area contributed by atoms with E-state index in [1.165, 1.54) is 12.1 Å². The normalized spacial score (nSPS) is 10.1. The molecule has 0 aliphatic carbocycles. The Labute approximate surface area is 125 Å². The number of nitrogens with two attached hydrogens (primary N) is 1. The van der Waals surface area contributed by atoms with Crippen LogP contribution in [0.5, 0.6) is 0 Å². The van der Waals surface area contributed by atoms with Crippen molar-refractivity contribution in [1.29, 1.82) is 0 Å². The first kappa shape index (κ1) is 14.8. The Hall–Kier alpha value is -2.60. The van der Waals surface area contributed by atoms with E-state index in [4.69, 9.17) is 22.1 Å². The second kappa shape index (κ2) is 6.23. The van der Waals surface area contributed by atoms with Crippen LogP contribution < -0.4 is 5.73 Å². The lowest BCUT2D eigenvalue weighted by Gasteiger charge is -2.07. The summed E-state index contributed by atoms with van der Waals surface area (Å²) >= 11 is 5.75. The third-order valence-electron chi connectivity index (χ3n) is 2.75. The van der Waals surface area contributed by atoms with Gasteiger partial charge in [0.2, 0.25) is 0 Å². The number of benzene rings is 2. The summed E-state index contributed by atoms with van der Waals surface area (Å²) in [5, 5.41) is 11.2. The zero-order valence-electron chi connectivity index (χ0n) is 10.8. The van der Waals surface area contributed by atoms with E-state index in [9.17, 15) is 14.9 Å². The first-order valence-corrected chi connectivity index (χ1v) is 6.30. The van der Waals surface area contributed by atoms with Crippen molar-refractivity contribution < 1.29 is 14.5 Å². The predicted molar refractivity (Wildman–Crippen MR) is 78.1 cm³/mol. The molecule has 0 radical (unpaired) electrons. The first-order valence-electron chi connectivity index (χ1n) is 5.93. The van der Waals surface area contributed by atoms with Crippen LogP contribution in [0.2, 0.25) is 5.02 Å². The lowest BCUT2D eigenvalue weighted by molar-refractivity contribution is -0.384. The molecule has 0 spiro atoms. The first-order chi connectivity index (χ1) is 9.97. The molecule has 108 valence electrons. The minimum absolute atomic E-state index is 0.00491. The van der Waals surface area contributed by atoms with Crippen molar-refractivity contribution in [2.45, 2.75) is 6.61 Å². The Bertz CT molecular complexity index is 686. The standard InChI is InChI=1S/C14H11ClN2O4/c15-10-3-1-9(2-4-10)8-21-14(18)12-6-5-11(17(19)20)7-13(12)16/h1-7H,8,16H2. The Morgan fingerprint density at radius 3 is 2.48 bits per heavy atom. The quantitative estimate of drug-likeness (QED) is 0.405. The molecule has 2 N–H and O–H groups in total. The van der Waals surface area contributed by atoms with Crippen LogP contribution in [0.3, 0.4) is 0 Å². The van der Waals surface area contributed by atoms with Crippen molar-refractivity contribution in [3.8, 4) is 0 Å². The van der Waals surface area contributed by atoms with Crippen molar-refractivity contribution in [2.75, 3.05) is 5.73 Å². The number of hydrogen-bond acceptors (Lipinski definition) is 5. The Balaban J connectivity index is 2.06. The molecule has 0 unspecified atom stereocenters. The van der Waals surface area contributed by atoms with Crippen LogP contribution in [-0.2, 0) is 11.3 Å². The molecule has 0 amide bonds. The van der Waals surface area contributed by atoms with E-state index in [-0.39, 0.29) is 23.5 Å². The van der Waals surface area contributed by atoms with Gasteiger partial charge < -0.3 is 10.5 Å². The molecule has 0 fully saturated rings. The maximum Gasteiger partial charge on any atom is 0.340 e. The van der Waals surface area contributed by atoms with Gasteiger partial charge in [-0.3, -0.25) is 10.1 Å². The van der Waals surface area contributed by atoms with E-state index in [1.54, 1.807) is 24.3 Å². The lowest BCUT2D eigenvalue weighted by Crippen LogP contribution is -2.08. The number of non-ortho nitro benzene ring substituents is 1. The van der Waals surface area contributed by atoms with E-state index in [1.807, 2.05) is 0 Å². The Morgan fingerprint density at radius 2 is 1.90 bits per heavy atom. The van der Waals surface area contributed by atoms with E-state index in [2.05, 4.69) is 0 Å². The predicted octanol–water partition coefficient (Wildman–Crippen LogP) is 3.19. The number of esters is 1. The van der Waals surface area contributed by atoms with Crippen molar-refractivity contribution in [3.05, 3.63) is 68.7 Å². The van der Waals surface area contributed by atoms with Gasteiger partial charge in [-0.2, -0.15) is 0 Å². The summed E-state index contributed by atoms with van der Waals surface area (Å²) < 4.78 is 5.10. The molecule has 6 nitrogen and oxygen atoms in total. The van der Waals surface area contributed by atoms with Gasteiger partial charge in [-0.1, -0.05) is 23.7 Å². The fraction of sp³-hybridized carbons (Fsp3) is 0.0714. The van der Waals surface area contributed by atoms with Gasteiger partial charge in [0, 0.05) is 17.2 Å². The second-order valence-corrected chi connectivity index (χ2v) is 4.67. The highest BCUT2D eigenvalue weighted by atomic mass is 35.5. The summed E-state index contributed by atoms with van der Waals surface area (Å²) in [6.07, 6.45) is 0. The van der Waals surface area contributed by atoms with Gasteiger partial charge in [-0.25, -0.2) is 4.79 Å². The summed E-state index contributed by atoms with van der Waals surface area (Å²) in [5.41, 5.74) is 6.32. The van der Waals surface area contributed by atoms with Crippen LogP contribution in [-0.4, -0.2) is 10.9 Å². The van der Waals surface area contributed by atoms with Crippen molar-refractivity contribution in [1.82, 2.24) is 0 Å². The SMILES string of the molecule is Nc1cc([N+](=O)[O-])ccc1C(=O)OCc1ccc(Cl)cc1. The maximum absolute atomic E-state index is 11.9. The highest BCUT2D eigenvalue weighted by Gasteiger charge is 2.15. The largest absolute Gasteiger partial charge is 0.457 e. The van der Waals surface area contributed by atoms with Crippen LogP contribution in [0.4, 0.5) is 11.4 Å². The molecule has 0 saturated carbocycles. The third kappa shape index (κ3) is 3.70. The molecule has 2 aromatic carbocycles. The molecule has 0 aromatic heterocycles. The van der Waals surface area contributed by atoms with E-state index < -0.39 is 10.9 Å². The molecule has 0 bridgehead atoms. The number of nitro groups is 1. The Morgan fingerprint density at radius 1 is 1.24 bits per heavy atom. The van der Waals surface area contributed by atoms with Gasteiger partial charge in [0.05, 0.1) is 16.2 Å². The van der Waals surface area contributed by atoms with Gasteiger partial charge in [0.1, 0.15) is 6.61 Å². The number of carbonyl (C=O) groups is 1. The fourth-order valence-electron chi connectivity index (χ4n) is 1.66. The topological polar surface area (TPSA) is 95.5 Å². The average Bonchev–Trinajstić information content (AvgIpc) is 2.46. The number of rotatable bonds is 4. The number of ether oxygens (including phenoxy) is 1. The number of anilines is 1. The number of halogens is 1. The maximum atomic E-state index is 11.9. The molecule has 0 heterocycles. The molecule has 7 heteroatoms. The number of nitrogen functional groups attached to an aromatic ring is 1. The van der Waals surface area contributed by atoms with Crippen molar-refractivity contribution in [3.63, 3.8) is 0 Å². The average molecular weight is 307 g/mol. The number of nitrogens with zero attached hydrogens (tertiary/aromatic N) is 1. The smallest absolute Gasteiger partial charge is 0.340 e. The molecule has 2 aromatic rings. The van der Waals surface area contributed by atoms with E-state index in [0.29, 0.717) is 5.02 Å². The number of nitro benzene ring substituents is 1. The molecule has 0 atom stereocenters. The van der Waals surface area contributed by atoms with Crippen molar-refractivity contribution >= 4 is 28.9 Å². The van der Waals surface area contributed by atoms with E-state index in [0.717, 1.165) is 11.6 Å². The molecular weight excluding hydrogens is 296 g/mol. The molecule has 0 saturated heterocycles. The highest BCUT2D eigenvalue weighted by Crippen LogP contribution is 2.21. The zero-order valence-corrected chi connectivity index (χ0v) is 11.5. The van der Waals surface area contributed by atoms with Crippen LogP contribution in [0.1, 0.15) is 15.9 Å². The molecule has 2 rings (SSSR count). The monoisotopic (exact) mass is 306 g/mol. The van der Waals surface area contributed by atoms with Gasteiger partial charge in [-0.15, -0.1) is 0 Å².